The van der Waals surface area contributed by atoms with Gasteiger partial charge in [0.2, 0.25) is 0 Å². The topological polar surface area (TPSA) is 17.1 Å². The van der Waals surface area contributed by atoms with Crippen LogP contribution in [0.4, 0.5) is 8.78 Å². The van der Waals surface area contributed by atoms with Gasteiger partial charge in [-0.05, 0) is 47.9 Å². The summed E-state index contributed by atoms with van der Waals surface area (Å²) in [5, 5.41) is 0. The normalized spacial score (nSPS) is 10.3. The lowest BCUT2D eigenvalue weighted by Crippen LogP contribution is -1.89. The van der Waals surface area contributed by atoms with Crippen molar-refractivity contribution in [1.82, 2.24) is 0 Å². The van der Waals surface area contributed by atoms with Crippen molar-refractivity contribution in [3.63, 3.8) is 0 Å². The molecule has 0 spiro atoms. The van der Waals surface area contributed by atoms with E-state index in [0.29, 0.717) is 17.4 Å². The standard InChI is InChI=1S/C14H10F2O/c1-9-6-10(4-5-13(9)15)11-2-3-12(8-17)14(16)7-11/h2-8H,1H3. The Bertz CT molecular complexity index is 576. The maximum Gasteiger partial charge on any atom is 0.152 e. The van der Waals surface area contributed by atoms with Gasteiger partial charge in [0, 0.05) is 0 Å². The maximum atomic E-state index is 13.4. The number of carbonyl (C=O) groups is 1. The molecular formula is C14H10F2O. The molecule has 0 fully saturated rings. The minimum Gasteiger partial charge on any atom is -0.298 e. The van der Waals surface area contributed by atoms with Gasteiger partial charge in [0.05, 0.1) is 5.56 Å². The minimum absolute atomic E-state index is 0.0209. The number of benzene rings is 2. The Morgan fingerprint density at radius 1 is 0.941 bits per heavy atom. The third kappa shape index (κ3) is 2.23. The zero-order valence-corrected chi connectivity index (χ0v) is 9.21. The highest BCUT2D eigenvalue weighted by atomic mass is 19.1. The first-order chi connectivity index (χ1) is 8.11. The van der Waals surface area contributed by atoms with Crippen molar-refractivity contribution in [1.29, 1.82) is 0 Å². The van der Waals surface area contributed by atoms with Crippen LogP contribution in [-0.4, -0.2) is 6.29 Å². The Morgan fingerprint density at radius 2 is 1.59 bits per heavy atom. The quantitative estimate of drug-likeness (QED) is 0.720. The SMILES string of the molecule is Cc1cc(-c2ccc(C=O)c(F)c2)ccc1F. The lowest BCUT2D eigenvalue weighted by Gasteiger charge is -2.05. The highest BCUT2D eigenvalue weighted by Crippen LogP contribution is 2.23. The monoisotopic (exact) mass is 232 g/mol. The Hall–Kier alpha value is -2.03. The first-order valence-electron chi connectivity index (χ1n) is 5.13. The molecule has 0 unspecified atom stereocenters. The summed E-state index contributed by atoms with van der Waals surface area (Å²) >= 11 is 0. The molecule has 2 aromatic rings. The molecular weight excluding hydrogens is 222 g/mol. The number of rotatable bonds is 2. The van der Waals surface area contributed by atoms with Crippen molar-refractivity contribution < 1.29 is 13.6 Å². The van der Waals surface area contributed by atoms with Gasteiger partial charge in [-0.3, -0.25) is 4.79 Å². The third-order valence-corrected chi connectivity index (χ3v) is 2.62. The van der Waals surface area contributed by atoms with Crippen molar-refractivity contribution in [3.05, 3.63) is 59.2 Å². The van der Waals surface area contributed by atoms with E-state index in [1.54, 1.807) is 25.1 Å². The van der Waals surface area contributed by atoms with E-state index in [0.717, 1.165) is 5.56 Å². The number of hydrogen-bond donors (Lipinski definition) is 0. The first kappa shape index (κ1) is 11.5. The largest absolute Gasteiger partial charge is 0.298 e. The molecule has 0 heterocycles. The first-order valence-corrected chi connectivity index (χ1v) is 5.13. The predicted molar refractivity (Wildman–Crippen MR) is 61.9 cm³/mol. The molecule has 0 aromatic heterocycles. The summed E-state index contributed by atoms with van der Waals surface area (Å²) in [6, 6.07) is 8.89. The van der Waals surface area contributed by atoms with E-state index in [1.807, 2.05) is 0 Å². The summed E-state index contributed by atoms with van der Waals surface area (Å²) in [4.78, 5) is 10.5. The fourth-order valence-corrected chi connectivity index (χ4v) is 1.63. The van der Waals surface area contributed by atoms with Gasteiger partial charge < -0.3 is 0 Å². The Balaban J connectivity index is 2.49. The molecule has 3 heteroatoms. The van der Waals surface area contributed by atoms with Crippen LogP contribution >= 0.6 is 0 Å². The Kier molecular flexibility index (Phi) is 3.00. The molecule has 2 rings (SSSR count). The molecule has 0 atom stereocenters. The average Bonchev–Trinajstić information content (AvgIpc) is 2.32. The molecule has 0 bridgehead atoms. The molecule has 0 aliphatic rings. The van der Waals surface area contributed by atoms with Crippen LogP contribution in [0.25, 0.3) is 11.1 Å². The molecule has 17 heavy (non-hydrogen) atoms. The molecule has 1 nitrogen and oxygen atoms in total. The summed E-state index contributed by atoms with van der Waals surface area (Å²) in [5.74, 6) is -0.863. The van der Waals surface area contributed by atoms with E-state index in [4.69, 9.17) is 0 Å². The molecule has 0 N–H and O–H groups in total. The van der Waals surface area contributed by atoms with Gasteiger partial charge in [-0.15, -0.1) is 0 Å². The number of aryl methyl sites for hydroxylation is 1. The highest BCUT2D eigenvalue weighted by Gasteiger charge is 2.05. The van der Waals surface area contributed by atoms with E-state index in [2.05, 4.69) is 0 Å². The minimum atomic E-state index is -0.570. The second-order valence-electron chi connectivity index (χ2n) is 3.82. The van der Waals surface area contributed by atoms with Gasteiger partial charge in [-0.1, -0.05) is 12.1 Å². The van der Waals surface area contributed by atoms with E-state index in [9.17, 15) is 13.6 Å². The van der Waals surface area contributed by atoms with Gasteiger partial charge in [-0.2, -0.15) is 0 Å². The van der Waals surface area contributed by atoms with Crippen LogP contribution in [0.3, 0.4) is 0 Å². The molecule has 0 aliphatic heterocycles. The van der Waals surface area contributed by atoms with Gasteiger partial charge >= 0.3 is 0 Å². The zero-order valence-electron chi connectivity index (χ0n) is 9.21. The summed E-state index contributed by atoms with van der Waals surface area (Å²) < 4.78 is 26.5. The average molecular weight is 232 g/mol. The summed E-state index contributed by atoms with van der Waals surface area (Å²) in [6.07, 6.45) is 0.467. The molecule has 0 saturated heterocycles. The van der Waals surface area contributed by atoms with Crippen molar-refractivity contribution in [2.45, 2.75) is 6.92 Å². The van der Waals surface area contributed by atoms with Crippen LogP contribution < -0.4 is 0 Å². The van der Waals surface area contributed by atoms with E-state index >= 15 is 0 Å². The molecule has 2 aromatic carbocycles. The van der Waals surface area contributed by atoms with Crippen LogP contribution in [0.2, 0.25) is 0 Å². The molecule has 0 aliphatic carbocycles. The van der Waals surface area contributed by atoms with Crippen molar-refractivity contribution in [3.8, 4) is 11.1 Å². The van der Waals surface area contributed by atoms with Gasteiger partial charge in [-0.25, -0.2) is 8.78 Å². The summed E-state index contributed by atoms with van der Waals surface area (Å²) in [7, 11) is 0. The predicted octanol–water partition coefficient (Wildman–Crippen LogP) is 3.75. The summed E-state index contributed by atoms with van der Waals surface area (Å²) in [5.41, 5.74) is 1.87. The number of hydrogen-bond acceptors (Lipinski definition) is 1. The fourth-order valence-electron chi connectivity index (χ4n) is 1.63. The zero-order chi connectivity index (χ0) is 12.4. The van der Waals surface area contributed by atoms with Crippen LogP contribution in [0.5, 0.6) is 0 Å². The fraction of sp³-hybridized carbons (Fsp3) is 0.0714. The Labute approximate surface area is 97.7 Å². The van der Waals surface area contributed by atoms with Gasteiger partial charge in [0.25, 0.3) is 0 Å². The lowest BCUT2D eigenvalue weighted by molar-refractivity contribution is 0.112. The molecule has 0 saturated carbocycles. The Morgan fingerprint density at radius 3 is 2.18 bits per heavy atom. The van der Waals surface area contributed by atoms with E-state index < -0.39 is 5.82 Å². The lowest BCUT2D eigenvalue weighted by atomic mass is 10.0. The highest BCUT2D eigenvalue weighted by molar-refractivity contribution is 5.77. The third-order valence-electron chi connectivity index (χ3n) is 2.62. The maximum absolute atomic E-state index is 13.4. The number of halogens is 2. The van der Waals surface area contributed by atoms with Gasteiger partial charge in [0.15, 0.2) is 6.29 Å². The van der Waals surface area contributed by atoms with Crippen LogP contribution in [0, 0.1) is 18.6 Å². The van der Waals surface area contributed by atoms with Crippen molar-refractivity contribution >= 4 is 6.29 Å². The van der Waals surface area contributed by atoms with Gasteiger partial charge in [0.1, 0.15) is 11.6 Å². The molecule has 0 amide bonds. The number of carbonyl (C=O) groups excluding carboxylic acids is 1. The second-order valence-corrected chi connectivity index (χ2v) is 3.82. The number of aldehydes is 1. The molecule has 86 valence electrons. The van der Waals surface area contributed by atoms with Crippen LogP contribution in [-0.2, 0) is 0 Å². The van der Waals surface area contributed by atoms with Crippen molar-refractivity contribution in [2.24, 2.45) is 0 Å². The van der Waals surface area contributed by atoms with Crippen molar-refractivity contribution in [2.75, 3.05) is 0 Å². The van der Waals surface area contributed by atoms with Crippen LogP contribution in [0.1, 0.15) is 15.9 Å². The second kappa shape index (κ2) is 4.45. The van der Waals surface area contributed by atoms with Crippen LogP contribution in [0.15, 0.2) is 36.4 Å². The summed E-state index contributed by atoms with van der Waals surface area (Å²) in [6.45, 7) is 1.65. The van der Waals surface area contributed by atoms with E-state index in [-0.39, 0.29) is 11.4 Å². The molecule has 0 radical (unpaired) electrons. The van der Waals surface area contributed by atoms with E-state index in [1.165, 1.54) is 18.2 Å². The smallest absolute Gasteiger partial charge is 0.152 e.